The van der Waals surface area contributed by atoms with Crippen LogP contribution < -0.4 is 10.9 Å². The maximum Gasteiger partial charge on any atom is 0.266 e. The number of aromatic amines is 1. The largest absolute Gasteiger partial charge is 0.506 e. The van der Waals surface area contributed by atoms with E-state index in [2.05, 4.69) is 15.4 Å². The molecule has 0 bridgehead atoms. The maximum absolute atomic E-state index is 12.6. The molecule has 4 rings (SSSR count). The molecule has 7 heteroatoms. The second kappa shape index (κ2) is 7.03. The van der Waals surface area contributed by atoms with Gasteiger partial charge in [0.1, 0.15) is 17.0 Å². The van der Waals surface area contributed by atoms with Gasteiger partial charge in [0, 0.05) is 5.69 Å². The van der Waals surface area contributed by atoms with Crippen LogP contribution in [0.4, 0.5) is 5.69 Å². The van der Waals surface area contributed by atoms with Crippen LogP contribution in [-0.2, 0) is 6.54 Å². The summed E-state index contributed by atoms with van der Waals surface area (Å²) in [5.74, 6) is -1.07. The number of hydrogen-bond donors (Lipinski definition) is 3. The second-order valence-corrected chi connectivity index (χ2v) is 6.55. The van der Waals surface area contributed by atoms with E-state index in [4.69, 9.17) is 0 Å². The number of benzene rings is 2. The van der Waals surface area contributed by atoms with Crippen molar-refractivity contribution in [1.29, 1.82) is 0 Å². The van der Waals surface area contributed by atoms with Crippen molar-refractivity contribution in [1.82, 2.24) is 14.8 Å². The molecule has 0 spiro atoms. The zero-order chi connectivity index (χ0) is 19.7. The van der Waals surface area contributed by atoms with Gasteiger partial charge in [-0.15, -0.1) is 0 Å². The van der Waals surface area contributed by atoms with Crippen LogP contribution in [0, 0.1) is 6.92 Å². The SMILES string of the molecule is Cc1ccc(NC(=O)c2c(O)c3cnn(Cc4ccccc4)c3[nH]c2=O)cc1. The lowest BCUT2D eigenvalue weighted by atomic mass is 10.1. The maximum atomic E-state index is 12.6. The fourth-order valence-electron chi connectivity index (χ4n) is 3.02. The highest BCUT2D eigenvalue weighted by atomic mass is 16.3. The normalized spacial score (nSPS) is 10.9. The van der Waals surface area contributed by atoms with Crippen molar-refractivity contribution in [2.24, 2.45) is 0 Å². The smallest absolute Gasteiger partial charge is 0.266 e. The Hall–Kier alpha value is -3.87. The Bertz CT molecular complexity index is 1210. The van der Waals surface area contributed by atoms with E-state index in [1.807, 2.05) is 49.4 Å². The number of nitrogens with zero attached hydrogens (tertiary/aromatic N) is 2. The average Bonchev–Trinajstić information content (AvgIpc) is 3.07. The van der Waals surface area contributed by atoms with E-state index in [0.717, 1.165) is 11.1 Å². The van der Waals surface area contributed by atoms with Crippen molar-refractivity contribution in [3.05, 3.63) is 87.8 Å². The Morgan fingerprint density at radius 1 is 1.14 bits per heavy atom. The van der Waals surface area contributed by atoms with Crippen LogP contribution >= 0.6 is 0 Å². The third-order valence-electron chi connectivity index (χ3n) is 4.50. The zero-order valence-electron chi connectivity index (χ0n) is 15.1. The molecule has 2 aromatic carbocycles. The molecule has 0 aliphatic rings. The Balaban J connectivity index is 1.69. The summed E-state index contributed by atoms with van der Waals surface area (Å²) in [7, 11) is 0. The van der Waals surface area contributed by atoms with E-state index < -0.39 is 11.5 Å². The summed E-state index contributed by atoms with van der Waals surface area (Å²) in [6.07, 6.45) is 1.44. The number of nitrogens with one attached hydrogen (secondary N) is 2. The van der Waals surface area contributed by atoms with Crippen molar-refractivity contribution in [2.45, 2.75) is 13.5 Å². The molecule has 28 heavy (non-hydrogen) atoms. The summed E-state index contributed by atoms with van der Waals surface area (Å²) in [6.45, 7) is 2.36. The summed E-state index contributed by atoms with van der Waals surface area (Å²) in [5, 5.41) is 17.8. The number of pyridine rings is 1. The summed E-state index contributed by atoms with van der Waals surface area (Å²) < 4.78 is 1.58. The molecule has 0 unspecified atom stereocenters. The lowest BCUT2D eigenvalue weighted by Gasteiger charge is -2.08. The molecule has 1 amide bonds. The number of amides is 1. The number of carbonyl (C=O) groups is 1. The van der Waals surface area contributed by atoms with Crippen LogP contribution in [0.3, 0.4) is 0 Å². The monoisotopic (exact) mass is 374 g/mol. The Morgan fingerprint density at radius 3 is 2.57 bits per heavy atom. The van der Waals surface area contributed by atoms with Crippen LogP contribution in [0.1, 0.15) is 21.5 Å². The number of fused-ring (bicyclic) bond motifs is 1. The molecule has 0 saturated carbocycles. The quantitative estimate of drug-likeness (QED) is 0.511. The van der Waals surface area contributed by atoms with Gasteiger partial charge in [0.15, 0.2) is 0 Å². The summed E-state index contributed by atoms with van der Waals surface area (Å²) in [4.78, 5) is 27.8. The first-order chi connectivity index (χ1) is 13.5. The Kier molecular flexibility index (Phi) is 4.41. The average molecular weight is 374 g/mol. The zero-order valence-corrected chi connectivity index (χ0v) is 15.1. The molecule has 7 nitrogen and oxygen atoms in total. The van der Waals surface area contributed by atoms with Crippen LogP contribution in [0.2, 0.25) is 0 Å². The number of aromatic hydroxyl groups is 1. The molecule has 2 aromatic heterocycles. The third kappa shape index (κ3) is 3.25. The minimum atomic E-state index is -0.680. The standard InChI is InChI=1S/C21H18N4O3/c1-13-7-9-15(10-8-13)23-20(27)17-18(26)16-11-22-25(19(16)24-21(17)28)12-14-5-3-2-4-6-14/h2-11H,12H2,1H3,(H,23,27)(H2,24,26,28). The molecule has 0 radical (unpaired) electrons. The molecule has 0 atom stereocenters. The molecule has 0 fully saturated rings. The van der Waals surface area contributed by atoms with Crippen molar-refractivity contribution >= 4 is 22.6 Å². The Morgan fingerprint density at radius 2 is 1.86 bits per heavy atom. The summed E-state index contributed by atoms with van der Waals surface area (Å²) >= 11 is 0. The van der Waals surface area contributed by atoms with Crippen LogP contribution in [0.15, 0.2) is 65.6 Å². The highest BCUT2D eigenvalue weighted by molar-refractivity contribution is 6.08. The number of hydrogen-bond acceptors (Lipinski definition) is 4. The van der Waals surface area contributed by atoms with Crippen molar-refractivity contribution in [2.75, 3.05) is 5.32 Å². The van der Waals surface area contributed by atoms with Gasteiger partial charge in [-0.25, -0.2) is 4.68 Å². The minimum absolute atomic E-state index is 0.310. The van der Waals surface area contributed by atoms with Gasteiger partial charge in [-0.3, -0.25) is 9.59 Å². The van der Waals surface area contributed by atoms with Gasteiger partial charge in [0.05, 0.1) is 18.1 Å². The lowest BCUT2D eigenvalue weighted by molar-refractivity contribution is 0.102. The van der Waals surface area contributed by atoms with Crippen molar-refractivity contribution in [3.63, 3.8) is 0 Å². The summed E-state index contributed by atoms with van der Waals surface area (Å²) in [6, 6.07) is 16.8. The molecule has 140 valence electrons. The van der Waals surface area contributed by atoms with Crippen LogP contribution in [0.5, 0.6) is 5.75 Å². The molecule has 0 aliphatic heterocycles. The van der Waals surface area contributed by atoms with Gasteiger partial charge in [-0.05, 0) is 24.6 Å². The van der Waals surface area contributed by atoms with Gasteiger partial charge in [-0.1, -0.05) is 48.0 Å². The van der Waals surface area contributed by atoms with Crippen LogP contribution in [-0.4, -0.2) is 25.8 Å². The number of aromatic nitrogens is 3. The topological polar surface area (TPSA) is 100 Å². The van der Waals surface area contributed by atoms with Gasteiger partial charge >= 0.3 is 0 Å². The van der Waals surface area contributed by atoms with Gasteiger partial charge in [-0.2, -0.15) is 5.10 Å². The summed E-state index contributed by atoms with van der Waals surface area (Å²) in [5.41, 5.74) is 1.92. The van der Waals surface area contributed by atoms with Gasteiger partial charge < -0.3 is 15.4 Å². The molecule has 4 aromatic rings. The van der Waals surface area contributed by atoms with E-state index in [9.17, 15) is 14.7 Å². The van der Waals surface area contributed by atoms with E-state index in [0.29, 0.717) is 23.3 Å². The Labute approximate surface area is 160 Å². The fourth-order valence-corrected chi connectivity index (χ4v) is 3.02. The van der Waals surface area contributed by atoms with E-state index >= 15 is 0 Å². The third-order valence-corrected chi connectivity index (χ3v) is 4.50. The fraction of sp³-hybridized carbons (Fsp3) is 0.0952. The van der Waals surface area contributed by atoms with Crippen molar-refractivity contribution in [3.8, 4) is 5.75 Å². The van der Waals surface area contributed by atoms with E-state index in [1.54, 1.807) is 16.8 Å². The molecular weight excluding hydrogens is 356 g/mol. The minimum Gasteiger partial charge on any atom is -0.506 e. The first-order valence-corrected chi connectivity index (χ1v) is 8.75. The number of rotatable bonds is 4. The first kappa shape index (κ1) is 17.5. The predicted molar refractivity (Wildman–Crippen MR) is 107 cm³/mol. The number of anilines is 1. The molecule has 3 N–H and O–H groups in total. The number of H-pyrrole nitrogens is 1. The van der Waals surface area contributed by atoms with Gasteiger partial charge in [0.25, 0.3) is 11.5 Å². The molecule has 2 heterocycles. The first-order valence-electron chi connectivity index (χ1n) is 8.75. The predicted octanol–water partition coefficient (Wildman–Crippen LogP) is 3.04. The lowest BCUT2D eigenvalue weighted by Crippen LogP contribution is -2.24. The van der Waals surface area contributed by atoms with E-state index in [1.165, 1.54) is 6.20 Å². The van der Waals surface area contributed by atoms with E-state index in [-0.39, 0.29) is 11.3 Å². The number of aryl methyl sites for hydroxylation is 1. The number of carbonyl (C=O) groups excluding carboxylic acids is 1. The highest BCUT2D eigenvalue weighted by Gasteiger charge is 2.21. The molecular formula is C21H18N4O3. The van der Waals surface area contributed by atoms with Crippen molar-refractivity contribution < 1.29 is 9.90 Å². The van der Waals surface area contributed by atoms with Crippen LogP contribution in [0.25, 0.3) is 11.0 Å². The second-order valence-electron chi connectivity index (χ2n) is 6.55. The van der Waals surface area contributed by atoms with Gasteiger partial charge in [0.2, 0.25) is 0 Å². The molecule has 0 saturated heterocycles. The molecule has 0 aliphatic carbocycles. The highest BCUT2D eigenvalue weighted by Crippen LogP contribution is 2.25.